The van der Waals surface area contributed by atoms with E-state index in [0.717, 1.165) is 0 Å². The van der Waals surface area contributed by atoms with Crippen LogP contribution in [0.5, 0.6) is 0 Å². The Morgan fingerprint density at radius 3 is 2.72 bits per heavy atom. The molecule has 5 heteroatoms. The molecule has 1 aromatic rings. The summed E-state index contributed by atoms with van der Waals surface area (Å²) in [7, 11) is 0. The van der Waals surface area contributed by atoms with Crippen LogP contribution in [-0.4, -0.2) is 28.9 Å². The fourth-order valence-electron chi connectivity index (χ4n) is 1.65. The number of benzene rings is 1. The largest absolute Gasteiger partial charge is 0.466 e. The average Bonchev–Trinajstić information content (AvgIpc) is 2.32. The van der Waals surface area contributed by atoms with Gasteiger partial charge in [-0.25, -0.2) is 0 Å². The highest BCUT2D eigenvalue weighted by atomic mass is 35.5. The number of rotatable bonds is 5. The molecule has 2 N–H and O–H groups in total. The van der Waals surface area contributed by atoms with Crippen LogP contribution in [0.4, 0.5) is 0 Å². The number of carbonyl (C=O) groups is 1. The Hall–Kier alpha value is -1.10. The van der Waals surface area contributed by atoms with E-state index in [1.54, 1.807) is 32.0 Å². The zero-order valence-corrected chi connectivity index (χ0v) is 11.1. The maximum Gasteiger partial charge on any atom is 0.308 e. The molecule has 0 fully saturated rings. The molecule has 1 rings (SSSR count). The zero-order valence-electron chi connectivity index (χ0n) is 10.4. The average molecular weight is 273 g/mol. The Morgan fingerprint density at radius 1 is 1.44 bits per heavy atom. The number of aliphatic hydroxyl groups is 2. The fourth-order valence-corrected chi connectivity index (χ4v) is 1.84. The van der Waals surface area contributed by atoms with Crippen molar-refractivity contribution in [3.63, 3.8) is 0 Å². The van der Waals surface area contributed by atoms with Gasteiger partial charge in [0, 0.05) is 5.02 Å². The van der Waals surface area contributed by atoms with E-state index in [0.29, 0.717) is 16.1 Å². The maximum absolute atomic E-state index is 11.2. The Balaban J connectivity index is 2.77. The molecule has 0 heterocycles. The summed E-state index contributed by atoms with van der Waals surface area (Å²) >= 11 is 5.93. The summed E-state index contributed by atoms with van der Waals surface area (Å²) in [6.45, 7) is 3.68. The van der Waals surface area contributed by atoms with Crippen LogP contribution in [0.2, 0.25) is 5.02 Å². The lowest BCUT2D eigenvalue weighted by atomic mass is 9.98. The number of carbonyl (C=O) groups excluding carboxylic acids is 1. The van der Waals surface area contributed by atoms with Crippen LogP contribution in [0.1, 0.15) is 30.6 Å². The van der Waals surface area contributed by atoms with E-state index in [4.69, 9.17) is 16.3 Å². The molecule has 18 heavy (non-hydrogen) atoms. The molecule has 4 nitrogen and oxygen atoms in total. The van der Waals surface area contributed by atoms with Crippen LogP contribution < -0.4 is 0 Å². The second-order valence-corrected chi connectivity index (χ2v) is 4.38. The number of halogens is 1. The number of aliphatic hydroxyl groups excluding tert-OH is 2. The minimum absolute atomic E-state index is 0.248. The molecular weight excluding hydrogens is 256 g/mol. The first-order chi connectivity index (χ1) is 8.47. The number of hydrogen-bond acceptors (Lipinski definition) is 4. The van der Waals surface area contributed by atoms with E-state index < -0.39 is 18.2 Å². The first-order valence-electron chi connectivity index (χ1n) is 5.74. The van der Waals surface area contributed by atoms with Crippen molar-refractivity contribution < 1.29 is 19.7 Å². The summed E-state index contributed by atoms with van der Waals surface area (Å²) in [5.74, 6) is -0.538. The Kier molecular flexibility index (Phi) is 5.59. The van der Waals surface area contributed by atoms with Crippen LogP contribution in [0.25, 0.3) is 0 Å². The summed E-state index contributed by atoms with van der Waals surface area (Å²) < 4.78 is 4.72. The summed E-state index contributed by atoms with van der Waals surface area (Å²) in [5, 5.41) is 20.3. The zero-order chi connectivity index (χ0) is 13.7. The number of ether oxygens (including phenoxy) is 1. The maximum atomic E-state index is 11.2. The first-order valence-corrected chi connectivity index (χ1v) is 6.12. The van der Waals surface area contributed by atoms with Gasteiger partial charge in [0.2, 0.25) is 0 Å². The summed E-state index contributed by atoms with van der Waals surface area (Å²) in [5.41, 5.74) is 1.20. The second kappa shape index (κ2) is 6.73. The SMILES string of the molecule is CCOC(=O)CC(O)C(O)c1cccc(Cl)c1C. The van der Waals surface area contributed by atoms with Crippen molar-refractivity contribution in [2.75, 3.05) is 6.61 Å². The van der Waals surface area contributed by atoms with Gasteiger partial charge in [0.1, 0.15) is 6.10 Å². The Morgan fingerprint density at radius 2 is 2.11 bits per heavy atom. The monoisotopic (exact) mass is 272 g/mol. The van der Waals surface area contributed by atoms with Crippen molar-refractivity contribution in [2.24, 2.45) is 0 Å². The molecule has 2 unspecified atom stereocenters. The van der Waals surface area contributed by atoms with Crippen LogP contribution in [0.15, 0.2) is 18.2 Å². The highest BCUT2D eigenvalue weighted by Gasteiger charge is 2.23. The molecule has 0 aliphatic carbocycles. The van der Waals surface area contributed by atoms with E-state index in [2.05, 4.69) is 0 Å². The van der Waals surface area contributed by atoms with Crippen molar-refractivity contribution in [1.82, 2.24) is 0 Å². The van der Waals surface area contributed by atoms with Gasteiger partial charge in [-0.1, -0.05) is 23.7 Å². The molecule has 0 radical (unpaired) electrons. The third-order valence-electron chi connectivity index (χ3n) is 2.67. The van der Waals surface area contributed by atoms with E-state index in [1.165, 1.54) is 0 Å². The van der Waals surface area contributed by atoms with Crippen molar-refractivity contribution in [1.29, 1.82) is 0 Å². The standard InChI is InChI=1S/C13H17ClO4/c1-3-18-12(16)7-11(15)13(17)9-5-4-6-10(14)8(9)2/h4-6,11,13,15,17H,3,7H2,1-2H3. The molecule has 0 aliphatic rings. The smallest absolute Gasteiger partial charge is 0.308 e. The minimum atomic E-state index is -1.21. The molecule has 0 bridgehead atoms. The van der Waals surface area contributed by atoms with Crippen LogP contribution in [-0.2, 0) is 9.53 Å². The first kappa shape index (κ1) is 15.0. The quantitative estimate of drug-likeness (QED) is 0.805. The summed E-state index contributed by atoms with van der Waals surface area (Å²) in [6, 6.07) is 5.05. The van der Waals surface area contributed by atoms with Crippen LogP contribution in [0, 0.1) is 6.92 Å². The van der Waals surface area contributed by atoms with Gasteiger partial charge in [-0.2, -0.15) is 0 Å². The van der Waals surface area contributed by atoms with E-state index in [-0.39, 0.29) is 13.0 Å². The Bertz CT molecular complexity index is 419. The molecule has 0 aromatic heterocycles. The van der Waals surface area contributed by atoms with Crippen molar-refractivity contribution in [2.45, 2.75) is 32.5 Å². The molecule has 0 amide bonds. The minimum Gasteiger partial charge on any atom is -0.466 e. The van der Waals surface area contributed by atoms with Gasteiger partial charge < -0.3 is 14.9 Å². The number of hydrogen-bond donors (Lipinski definition) is 2. The van der Waals surface area contributed by atoms with E-state index in [9.17, 15) is 15.0 Å². The summed E-state index contributed by atoms with van der Waals surface area (Å²) in [4.78, 5) is 11.2. The molecule has 100 valence electrons. The molecule has 0 saturated carbocycles. The Labute approximate surface area is 111 Å². The van der Waals surface area contributed by atoms with Gasteiger partial charge in [0.15, 0.2) is 0 Å². The number of esters is 1. The van der Waals surface area contributed by atoms with E-state index >= 15 is 0 Å². The third-order valence-corrected chi connectivity index (χ3v) is 3.08. The highest BCUT2D eigenvalue weighted by molar-refractivity contribution is 6.31. The molecule has 0 saturated heterocycles. The predicted octanol–water partition coefficient (Wildman–Crippen LogP) is 2.00. The molecular formula is C13H17ClO4. The summed E-state index contributed by atoms with van der Waals surface area (Å²) in [6.07, 6.45) is -2.62. The lowest BCUT2D eigenvalue weighted by Gasteiger charge is -2.19. The lowest BCUT2D eigenvalue weighted by Crippen LogP contribution is -2.23. The second-order valence-electron chi connectivity index (χ2n) is 3.98. The van der Waals surface area contributed by atoms with Gasteiger partial charge in [0.05, 0.1) is 19.1 Å². The van der Waals surface area contributed by atoms with Gasteiger partial charge >= 0.3 is 5.97 Å². The topological polar surface area (TPSA) is 66.8 Å². The van der Waals surface area contributed by atoms with Gasteiger partial charge in [-0.3, -0.25) is 4.79 Å². The van der Waals surface area contributed by atoms with Crippen LogP contribution in [0.3, 0.4) is 0 Å². The molecule has 2 atom stereocenters. The van der Waals surface area contributed by atoms with Gasteiger partial charge in [0.25, 0.3) is 0 Å². The highest BCUT2D eigenvalue weighted by Crippen LogP contribution is 2.27. The van der Waals surface area contributed by atoms with E-state index in [1.807, 2.05) is 0 Å². The molecule has 1 aromatic carbocycles. The molecule has 0 spiro atoms. The van der Waals surface area contributed by atoms with Gasteiger partial charge in [-0.15, -0.1) is 0 Å². The predicted molar refractivity (Wildman–Crippen MR) is 68.4 cm³/mol. The van der Waals surface area contributed by atoms with Crippen LogP contribution >= 0.6 is 11.6 Å². The lowest BCUT2D eigenvalue weighted by molar-refractivity contribution is -0.147. The van der Waals surface area contributed by atoms with Crippen molar-refractivity contribution in [3.8, 4) is 0 Å². The fraction of sp³-hybridized carbons (Fsp3) is 0.462. The molecule has 0 aliphatic heterocycles. The normalized spacial score (nSPS) is 14.1. The third kappa shape index (κ3) is 3.70. The van der Waals surface area contributed by atoms with Gasteiger partial charge in [-0.05, 0) is 31.0 Å². The van der Waals surface area contributed by atoms with Crippen molar-refractivity contribution >= 4 is 17.6 Å². The van der Waals surface area contributed by atoms with Crippen molar-refractivity contribution in [3.05, 3.63) is 34.3 Å².